The molecule has 0 saturated heterocycles. The van der Waals surface area contributed by atoms with E-state index in [1.54, 1.807) is 0 Å². The van der Waals surface area contributed by atoms with Crippen LogP contribution in [-0.4, -0.2) is 5.11 Å². The maximum absolute atomic E-state index is 12.4. The van der Waals surface area contributed by atoms with E-state index in [1.807, 2.05) is 0 Å². The van der Waals surface area contributed by atoms with Crippen molar-refractivity contribution in [3.05, 3.63) is 32.2 Å². The molecule has 0 unspecified atom stereocenters. The van der Waals surface area contributed by atoms with Gasteiger partial charge in [-0.15, -0.1) is 0 Å². The van der Waals surface area contributed by atoms with Crippen molar-refractivity contribution < 1.29 is 18.3 Å². The summed E-state index contributed by atoms with van der Waals surface area (Å²) in [6, 6.07) is 2.18. The number of aliphatic hydroxyl groups excluding tert-OH is 1. The molecule has 1 nitrogen and oxygen atoms in total. The quantitative estimate of drug-likeness (QED) is 0.830. The Morgan fingerprint density at radius 2 is 1.71 bits per heavy atom. The molecule has 0 aliphatic carbocycles. The molecule has 0 bridgehead atoms. The fourth-order valence-electron chi connectivity index (χ4n) is 0.926. The second-order valence-corrected chi connectivity index (χ2v) is 4.29. The third kappa shape index (κ3) is 2.49. The van der Waals surface area contributed by atoms with Crippen LogP contribution in [0.1, 0.15) is 11.1 Å². The molecular formula is C8H5Br2F3O. The SMILES string of the molecule is OCc1cc(Br)c(C(F)(F)F)cc1Br. The molecular weight excluding hydrogens is 329 g/mol. The third-order valence-electron chi connectivity index (χ3n) is 1.61. The highest BCUT2D eigenvalue weighted by Crippen LogP contribution is 2.37. The summed E-state index contributed by atoms with van der Waals surface area (Å²) in [6.07, 6.45) is -4.39. The van der Waals surface area contributed by atoms with E-state index in [4.69, 9.17) is 5.11 Å². The van der Waals surface area contributed by atoms with Gasteiger partial charge in [-0.1, -0.05) is 31.9 Å². The van der Waals surface area contributed by atoms with E-state index in [0.29, 0.717) is 5.56 Å². The summed E-state index contributed by atoms with van der Waals surface area (Å²) in [5.74, 6) is 0. The largest absolute Gasteiger partial charge is 0.417 e. The maximum Gasteiger partial charge on any atom is 0.417 e. The smallest absolute Gasteiger partial charge is 0.392 e. The number of hydrogen-bond acceptors (Lipinski definition) is 1. The van der Waals surface area contributed by atoms with Gasteiger partial charge in [-0.05, 0) is 17.7 Å². The summed E-state index contributed by atoms with van der Waals surface area (Å²) in [6.45, 7) is -0.308. The van der Waals surface area contributed by atoms with E-state index in [0.717, 1.165) is 6.07 Å². The molecule has 1 aromatic carbocycles. The van der Waals surface area contributed by atoms with Crippen LogP contribution < -0.4 is 0 Å². The molecule has 0 atom stereocenters. The minimum absolute atomic E-state index is 0.0720. The van der Waals surface area contributed by atoms with Gasteiger partial charge in [0.25, 0.3) is 0 Å². The second kappa shape index (κ2) is 4.20. The van der Waals surface area contributed by atoms with Crippen molar-refractivity contribution in [1.29, 1.82) is 0 Å². The number of benzene rings is 1. The molecule has 0 spiro atoms. The predicted octanol–water partition coefficient (Wildman–Crippen LogP) is 3.72. The summed E-state index contributed by atoms with van der Waals surface area (Å²) in [7, 11) is 0. The van der Waals surface area contributed by atoms with Gasteiger partial charge < -0.3 is 5.11 Å². The zero-order valence-corrected chi connectivity index (χ0v) is 9.87. The topological polar surface area (TPSA) is 20.2 Å². The van der Waals surface area contributed by atoms with Gasteiger partial charge >= 0.3 is 6.18 Å². The van der Waals surface area contributed by atoms with Crippen molar-refractivity contribution in [2.24, 2.45) is 0 Å². The highest BCUT2D eigenvalue weighted by Gasteiger charge is 2.33. The van der Waals surface area contributed by atoms with Gasteiger partial charge in [0.15, 0.2) is 0 Å². The van der Waals surface area contributed by atoms with Gasteiger partial charge in [0.2, 0.25) is 0 Å². The van der Waals surface area contributed by atoms with Gasteiger partial charge in [0.1, 0.15) is 0 Å². The summed E-state index contributed by atoms with van der Waals surface area (Å²) >= 11 is 5.76. The Morgan fingerprint density at radius 1 is 1.14 bits per heavy atom. The molecule has 0 radical (unpaired) electrons. The normalized spacial score (nSPS) is 11.9. The first-order valence-corrected chi connectivity index (χ1v) is 5.11. The first-order valence-electron chi connectivity index (χ1n) is 3.52. The van der Waals surface area contributed by atoms with Crippen LogP contribution in [0.25, 0.3) is 0 Å². The molecule has 0 saturated carbocycles. The highest BCUT2D eigenvalue weighted by molar-refractivity contribution is 9.11. The molecule has 1 aromatic rings. The van der Waals surface area contributed by atoms with E-state index in [2.05, 4.69) is 31.9 Å². The predicted molar refractivity (Wildman–Crippen MR) is 52.8 cm³/mol. The zero-order valence-electron chi connectivity index (χ0n) is 6.70. The third-order valence-corrected chi connectivity index (χ3v) is 3.01. The summed E-state index contributed by atoms with van der Waals surface area (Å²) in [5.41, 5.74) is -0.355. The Balaban J connectivity index is 3.29. The highest BCUT2D eigenvalue weighted by atomic mass is 79.9. The average molecular weight is 334 g/mol. The lowest BCUT2D eigenvalue weighted by molar-refractivity contribution is -0.138. The van der Waals surface area contributed by atoms with Crippen LogP contribution in [0.3, 0.4) is 0 Å². The van der Waals surface area contributed by atoms with Crippen molar-refractivity contribution in [2.75, 3.05) is 0 Å². The molecule has 78 valence electrons. The van der Waals surface area contributed by atoms with Crippen LogP contribution in [0.15, 0.2) is 21.1 Å². The Hall–Kier alpha value is -0.0700. The van der Waals surface area contributed by atoms with Crippen LogP contribution in [0.2, 0.25) is 0 Å². The maximum atomic E-state index is 12.4. The molecule has 14 heavy (non-hydrogen) atoms. The van der Waals surface area contributed by atoms with Crippen molar-refractivity contribution in [2.45, 2.75) is 12.8 Å². The zero-order chi connectivity index (χ0) is 10.9. The fourth-order valence-corrected chi connectivity index (χ4v) is 2.01. The molecule has 1 rings (SSSR count). The van der Waals surface area contributed by atoms with Crippen LogP contribution in [0.4, 0.5) is 13.2 Å². The molecule has 0 heterocycles. The van der Waals surface area contributed by atoms with E-state index in [1.165, 1.54) is 6.07 Å². The number of alkyl halides is 3. The summed E-state index contributed by atoms with van der Waals surface area (Å²) < 4.78 is 37.2. The lowest BCUT2D eigenvalue weighted by Crippen LogP contribution is -2.06. The van der Waals surface area contributed by atoms with Crippen LogP contribution in [-0.2, 0) is 12.8 Å². The molecule has 1 N–H and O–H groups in total. The first kappa shape index (κ1) is 12.0. The number of rotatable bonds is 1. The second-order valence-electron chi connectivity index (χ2n) is 2.58. The van der Waals surface area contributed by atoms with Crippen molar-refractivity contribution in [3.8, 4) is 0 Å². The molecule has 0 aliphatic rings. The lowest BCUT2D eigenvalue weighted by Gasteiger charge is -2.11. The number of hydrogen-bond donors (Lipinski definition) is 1. The van der Waals surface area contributed by atoms with E-state index < -0.39 is 11.7 Å². The van der Waals surface area contributed by atoms with Crippen LogP contribution in [0.5, 0.6) is 0 Å². The number of aliphatic hydroxyl groups is 1. The standard InChI is InChI=1S/C8H5Br2F3O/c9-6-2-5(8(11,12)13)7(10)1-4(6)3-14/h1-2,14H,3H2. The van der Waals surface area contributed by atoms with Crippen LogP contribution >= 0.6 is 31.9 Å². The first-order chi connectivity index (χ1) is 6.36. The fraction of sp³-hybridized carbons (Fsp3) is 0.250. The Bertz CT molecular complexity index is 349. The minimum atomic E-state index is -4.39. The summed E-state index contributed by atoms with van der Waals surface area (Å²) in [5, 5.41) is 8.80. The minimum Gasteiger partial charge on any atom is -0.392 e. The van der Waals surface area contributed by atoms with Crippen molar-refractivity contribution in [3.63, 3.8) is 0 Å². The van der Waals surface area contributed by atoms with Gasteiger partial charge in [-0.2, -0.15) is 13.2 Å². The lowest BCUT2D eigenvalue weighted by atomic mass is 10.1. The monoisotopic (exact) mass is 332 g/mol. The molecule has 0 aromatic heterocycles. The Labute approximate surface area is 95.2 Å². The molecule has 0 fully saturated rings. The molecule has 0 amide bonds. The van der Waals surface area contributed by atoms with E-state index in [-0.39, 0.29) is 15.6 Å². The number of halogens is 5. The van der Waals surface area contributed by atoms with Crippen molar-refractivity contribution in [1.82, 2.24) is 0 Å². The summed E-state index contributed by atoms with van der Waals surface area (Å²) in [4.78, 5) is 0. The van der Waals surface area contributed by atoms with Gasteiger partial charge in [0, 0.05) is 8.95 Å². The van der Waals surface area contributed by atoms with Crippen LogP contribution in [0, 0.1) is 0 Å². The molecule has 6 heteroatoms. The van der Waals surface area contributed by atoms with E-state index >= 15 is 0 Å². The van der Waals surface area contributed by atoms with Crippen molar-refractivity contribution >= 4 is 31.9 Å². The van der Waals surface area contributed by atoms with Gasteiger partial charge in [0.05, 0.1) is 12.2 Å². The Morgan fingerprint density at radius 3 is 2.14 bits per heavy atom. The van der Waals surface area contributed by atoms with Gasteiger partial charge in [-0.3, -0.25) is 0 Å². The average Bonchev–Trinajstić information content (AvgIpc) is 2.06. The van der Waals surface area contributed by atoms with E-state index in [9.17, 15) is 13.2 Å². The van der Waals surface area contributed by atoms with Gasteiger partial charge in [-0.25, -0.2) is 0 Å². The Kier molecular flexibility index (Phi) is 3.60. The molecule has 0 aliphatic heterocycles.